The molecule has 0 aliphatic heterocycles. The minimum Gasteiger partial charge on any atom is -0.366 e. The Labute approximate surface area is 79.6 Å². The van der Waals surface area contributed by atoms with Crippen LogP contribution in [0.1, 0.15) is 0 Å². The topological polar surface area (TPSA) is 64.7 Å². The average Bonchev–Trinajstić information content (AvgIpc) is 2.19. The number of nitrogens with zero attached hydrogens (tertiary/aromatic N) is 3. The predicted octanol–water partition coefficient (Wildman–Crippen LogP) is 1.26. The number of hydrogen-bond donors (Lipinski definition) is 1. The highest BCUT2D eigenvalue weighted by Gasteiger charge is 2.00. The second-order valence-corrected chi connectivity index (χ2v) is 2.71. The predicted molar refractivity (Wildman–Crippen MR) is 49.6 cm³/mol. The zero-order valence-corrected chi connectivity index (χ0v) is 7.18. The summed E-state index contributed by atoms with van der Waals surface area (Å²) in [5, 5.41) is 7.18. The molecule has 0 amide bonds. The number of hydrogen-bond acceptors (Lipinski definition) is 4. The highest BCUT2D eigenvalue weighted by molar-refractivity contribution is 5.58. The molecule has 14 heavy (non-hydrogen) atoms. The Balaban J connectivity index is 2.44. The number of rotatable bonds is 1. The van der Waals surface area contributed by atoms with Crippen molar-refractivity contribution >= 4 is 5.95 Å². The van der Waals surface area contributed by atoms with Gasteiger partial charge in [-0.15, -0.1) is 5.10 Å². The number of benzene rings is 1. The van der Waals surface area contributed by atoms with E-state index in [1.807, 2.05) is 0 Å². The fourth-order valence-corrected chi connectivity index (χ4v) is 1.08. The van der Waals surface area contributed by atoms with Gasteiger partial charge in [0.05, 0.1) is 11.9 Å². The van der Waals surface area contributed by atoms with E-state index >= 15 is 0 Å². The Morgan fingerprint density at radius 1 is 1.14 bits per heavy atom. The SMILES string of the molecule is Nc1nncc(-c2ccc(F)cc2)n1. The minimum atomic E-state index is -0.288. The van der Waals surface area contributed by atoms with E-state index in [4.69, 9.17) is 5.73 Å². The largest absolute Gasteiger partial charge is 0.366 e. The van der Waals surface area contributed by atoms with Gasteiger partial charge in [-0.2, -0.15) is 5.10 Å². The van der Waals surface area contributed by atoms with E-state index in [-0.39, 0.29) is 11.8 Å². The van der Waals surface area contributed by atoms with Crippen LogP contribution in [-0.4, -0.2) is 15.2 Å². The van der Waals surface area contributed by atoms with E-state index in [0.29, 0.717) is 5.69 Å². The molecule has 1 aromatic carbocycles. The van der Waals surface area contributed by atoms with Gasteiger partial charge in [0.15, 0.2) is 0 Å². The lowest BCUT2D eigenvalue weighted by atomic mass is 10.2. The van der Waals surface area contributed by atoms with Crippen LogP contribution in [0.25, 0.3) is 11.3 Å². The summed E-state index contributed by atoms with van der Waals surface area (Å²) in [6.07, 6.45) is 1.48. The second-order valence-electron chi connectivity index (χ2n) is 2.71. The summed E-state index contributed by atoms with van der Waals surface area (Å²) >= 11 is 0. The van der Waals surface area contributed by atoms with E-state index in [0.717, 1.165) is 5.56 Å². The maximum atomic E-state index is 12.6. The van der Waals surface area contributed by atoms with Crippen molar-refractivity contribution in [3.8, 4) is 11.3 Å². The first-order valence-corrected chi connectivity index (χ1v) is 3.97. The molecule has 0 unspecified atom stereocenters. The molecule has 2 aromatic rings. The zero-order chi connectivity index (χ0) is 9.97. The summed E-state index contributed by atoms with van der Waals surface area (Å²) in [6.45, 7) is 0. The van der Waals surface area contributed by atoms with Crippen LogP contribution >= 0.6 is 0 Å². The van der Waals surface area contributed by atoms with Crippen LogP contribution in [0.3, 0.4) is 0 Å². The van der Waals surface area contributed by atoms with Crippen LogP contribution < -0.4 is 5.73 Å². The molecule has 0 aliphatic carbocycles. The molecule has 2 rings (SSSR count). The van der Waals surface area contributed by atoms with Gasteiger partial charge in [-0.3, -0.25) is 0 Å². The molecule has 0 aliphatic rings. The van der Waals surface area contributed by atoms with Crippen LogP contribution in [0.4, 0.5) is 10.3 Å². The number of halogens is 1. The molecule has 70 valence electrons. The van der Waals surface area contributed by atoms with Crippen LogP contribution in [-0.2, 0) is 0 Å². The van der Waals surface area contributed by atoms with Gasteiger partial charge in [0, 0.05) is 5.56 Å². The maximum absolute atomic E-state index is 12.6. The molecular formula is C9H7FN4. The monoisotopic (exact) mass is 190 g/mol. The van der Waals surface area contributed by atoms with E-state index in [1.165, 1.54) is 18.3 Å². The first-order chi connectivity index (χ1) is 6.75. The van der Waals surface area contributed by atoms with Crippen molar-refractivity contribution in [2.45, 2.75) is 0 Å². The molecule has 5 heteroatoms. The molecule has 2 N–H and O–H groups in total. The third kappa shape index (κ3) is 1.66. The van der Waals surface area contributed by atoms with Crippen molar-refractivity contribution in [3.63, 3.8) is 0 Å². The molecule has 0 radical (unpaired) electrons. The highest BCUT2D eigenvalue weighted by Crippen LogP contribution is 2.15. The molecule has 0 spiro atoms. The Kier molecular flexibility index (Phi) is 2.06. The van der Waals surface area contributed by atoms with Gasteiger partial charge in [-0.25, -0.2) is 9.37 Å². The average molecular weight is 190 g/mol. The molecule has 1 heterocycles. The molecule has 0 bridgehead atoms. The van der Waals surface area contributed by atoms with Crippen molar-refractivity contribution in [1.82, 2.24) is 15.2 Å². The van der Waals surface area contributed by atoms with E-state index < -0.39 is 0 Å². The first-order valence-electron chi connectivity index (χ1n) is 3.97. The van der Waals surface area contributed by atoms with Crippen LogP contribution in [0.2, 0.25) is 0 Å². The van der Waals surface area contributed by atoms with E-state index in [9.17, 15) is 4.39 Å². The first kappa shape index (κ1) is 8.55. The summed E-state index contributed by atoms with van der Waals surface area (Å²) < 4.78 is 12.6. The fraction of sp³-hybridized carbons (Fsp3) is 0. The van der Waals surface area contributed by atoms with E-state index in [1.54, 1.807) is 12.1 Å². The van der Waals surface area contributed by atoms with Crippen LogP contribution in [0.5, 0.6) is 0 Å². The second kappa shape index (κ2) is 3.37. The van der Waals surface area contributed by atoms with Gasteiger partial charge in [0.1, 0.15) is 5.82 Å². The highest BCUT2D eigenvalue weighted by atomic mass is 19.1. The summed E-state index contributed by atoms with van der Waals surface area (Å²) in [4.78, 5) is 3.95. The summed E-state index contributed by atoms with van der Waals surface area (Å²) in [5.41, 5.74) is 6.71. The molecule has 0 atom stereocenters. The lowest BCUT2D eigenvalue weighted by Crippen LogP contribution is -1.97. The normalized spacial score (nSPS) is 10.1. The van der Waals surface area contributed by atoms with Crippen molar-refractivity contribution < 1.29 is 4.39 Å². The molecule has 0 fully saturated rings. The Hall–Kier alpha value is -2.04. The standard InChI is InChI=1S/C9H7FN4/c10-7-3-1-6(2-4-7)8-5-12-14-9(11)13-8/h1-5H,(H2,11,13,14). The quantitative estimate of drug-likeness (QED) is 0.735. The molecule has 0 saturated heterocycles. The molecule has 4 nitrogen and oxygen atoms in total. The Morgan fingerprint density at radius 2 is 1.86 bits per heavy atom. The summed E-state index contributed by atoms with van der Waals surface area (Å²) in [5.74, 6) is -0.185. The number of nitrogen functional groups attached to an aromatic ring is 1. The fourth-order valence-electron chi connectivity index (χ4n) is 1.08. The number of aromatic nitrogens is 3. The van der Waals surface area contributed by atoms with Crippen molar-refractivity contribution in [2.24, 2.45) is 0 Å². The third-order valence-electron chi connectivity index (χ3n) is 1.72. The smallest absolute Gasteiger partial charge is 0.240 e. The van der Waals surface area contributed by atoms with Crippen molar-refractivity contribution in [1.29, 1.82) is 0 Å². The van der Waals surface area contributed by atoms with Gasteiger partial charge in [0.25, 0.3) is 0 Å². The summed E-state index contributed by atoms with van der Waals surface area (Å²) in [7, 11) is 0. The van der Waals surface area contributed by atoms with E-state index in [2.05, 4.69) is 15.2 Å². The zero-order valence-electron chi connectivity index (χ0n) is 7.18. The Bertz CT molecular complexity index is 441. The summed E-state index contributed by atoms with van der Waals surface area (Å²) in [6, 6.07) is 5.93. The van der Waals surface area contributed by atoms with Crippen molar-refractivity contribution in [2.75, 3.05) is 5.73 Å². The number of anilines is 1. The van der Waals surface area contributed by atoms with Crippen molar-refractivity contribution in [3.05, 3.63) is 36.3 Å². The van der Waals surface area contributed by atoms with Gasteiger partial charge in [-0.1, -0.05) is 0 Å². The lowest BCUT2D eigenvalue weighted by molar-refractivity contribution is 0.628. The van der Waals surface area contributed by atoms with Gasteiger partial charge in [0.2, 0.25) is 5.95 Å². The maximum Gasteiger partial charge on any atom is 0.240 e. The van der Waals surface area contributed by atoms with Crippen LogP contribution in [0.15, 0.2) is 30.5 Å². The van der Waals surface area contributed by atoms with Gasteiger partial charge >= 0.3 is 0 Å². The third-order valence-corrected chi connectivity index (χ3v) is 1.72. The number of nitrogens with two attached hydrogens (primary N) is 1. The molecule has 1 aromatic heterocycles. The molecular weight excluding hydrogens is 183 g/mol. The van der Waals surface area contributed by atoms with Crippen LogP contribution in [0, 0.1) is 5.82 Å². The van der Waals surface area contributed by atoms with Gasteiger partial charge < -0.3 is 5.73 Å². The lowest BCUT2D eigenvalue weighted by Gasteiger charge is -1.99. The molecule has 0 saturated carbocycles. The Morgan fingerprint density at radius 3 is 2.50 bits per heavy atom. The minimum absolute atomic E-state index is 0.104. The van der Waals surface area contributed by atoms with Gasteiger partial charge in [-0.05, 0) is 24.3 Å².